The molecule has 0 spiro atoms. The van der Waals surface area contributed by atoms with Crippen LogP contribution in [0, 0.1) is 5.92 Å². The van der Waals surface area contributed by atoms with Gasteiger partial charge in [0, 0.05) is 11.6 Å². The van der Waals surface area contributed by atoms with Gasteiger partial charge in [0.2, 0.25) is 0 Å². The van der Waals surface area contributed by atoms with Crippen LogP contribution in [0.1, 0.15) is 44.2 Å². The summed E-state index contributed by atoms with van der Waals surface area (Å²) in [6.45, 7) is 6.78. The van der Waals surface area contributed by atoms with Gasteiger partial charge in [-0.3, -0.25) is 0 Å². The molecule has 1 N–H and O–H groups in total. The van der Waals surface area contributed by atoms with Crippen molar-refractivity contribution < 1.29 is 0 Å². The topological polar surface area (TPSA) is 12.0 Å². The lowest BCUT2D eigenvalue weighted by Gasteiger charge is -2.35. The predicted molar refractivity (Wildman–Crippen MR) is 62.9 cm³/mol. The van der Waals surface area contributed by atoms with Crippen molar-refractivity contribution in [2.24, 2.45) is 5.92 Å². The van der Waals surface area contributed by atoms with Crippen LogP contribution in [0.15, 0.2) is 24.3 Å². The molecule has 1 saturated carbocycles. The molecule has 0 amide bonds. The van der Waals surface area contributed by atoms with E-state index in [1.54, 1.807) is 0 Å². The number of rotatable bonds is 2. The van der Waals surface area contributed by atoms with E-state index >= 15 is 0 Å². The van der Waals surface area contributed by atoms with Crippen molar-refractivity contribution >= 4 is 0 Å². The Hall–Kier alpha value is -0.820. The second-order valence-electron chi connectivity index (χ2n) is 5.49. The zero-order valence-corrected chi connectivity index (χ0v) is 9.75. The second-order valence-corrected chi connectivity index (χ2v) is 5.49. The molecular formula is C14H19N. The molecule has 2 fully saturated rings. The third kappa shape index (κ3) is 1.19. The number of fused-ring (bicyclic) bond motifs is 1. The molecule has 1 nitrogen and oxygen atoms in total. The fraction of sp³-hybridized carbons (Fsp3) is 0.571. The molecule has 3 atom stereocenters. The first-order chi connectivity index (χ1) is 7.13. The van der Waals surface area contributed by atoms with Crippen molar-refractivity contribution in [3.8, 4) is 0 Å². The first kappa shape index (κ1) is 9.41. The Morgan fingerprint density at radius 2 is 1.93 bits per heavy atom. The van der Waals surface area contributed by atoms with Crippen molar-refractivity contribution in [2.75, 3.05) is 0 Å². The molecule has 1 aliphatic carbocycles. The lowest BCUT2D eigenvalue weighted by atomic mass is 9.90. The fourth-order valence-electron chi connectivity index (χ4n) is 3.05. The molecule has 80 valence electrons. The normalized spacial score (nSPS) is 37.3. The highest BCUT2D eigenvalue weighted by molar-refractivity contribution is 5.40. The summed E-state index contributed by atoms with van der Waals surface area (Å²) in [6, 6.07) is 9.93. The van der Waals surface area contributed by atoms with Gasteiger partial charge in [-0.1, -0.05) is 38.1 Å². The Morgan fingerprint density at radius 1 is 1.27 bits per heavy atom. The molecular weight excluding hydrogens is 182 g/mol. The number of hydrogen-bond donors (Lipinski definition) is 1. The summed E-state index contributed by atoms with van der Waals surface area (Å²) < 4.78 is 0. The average molecular weight is 201 g/mol. The molecule has 1 aromatic carbocycles. The largest absolute Gasteiger partial charge is 0.304 e. The van der Waals surface area contributed by atoms with E-state index in [4.69, 9.17) is 0 Å². The number of nitrogens with one attached hydrogen (secondary N) is 1. The van der Waals surface area contributed by atoms with E-state index in [-0.39, 0.29) is 0 Å². The van der Waals surface area contributed by atoms with Crippen molar-refractivity contribution in [1.82, 2.24) is 5.32 Å². The highest BCUT2D eigenvalue weighted by Crippen LogP contribution is 2.61. The molecule has 0 bridgehead atoms. The molecule has 3 rings (SSSR count). The lowest BCUT2D eigenvalue weighted by molar-refractivity contribution is 0.271. The van der Waals surface area contributed by atoms with Crippen LogP contribution >= 0.6 is 0 Å². The summed E-state index contributed by atoms with van der Waals surface area (Å²) in [7, 11) is 0. The smallest absolute Gasteiger partial charge is 0.0485 e. The number of hydrogen-bond acceptors (Lipinski definition) is 1. The highest BCUT2D eigenvalue weighted by Gasteiger charge is 2.66. The standard InChI is InChI=1S/C14H19N/c1-9(2)11-4-6-12(7-5-11)14-8-13(14)10(3)15-14/h4-7,9-10,13,15H,8H2,1-3H3. The Morgan fingerprint density at radius 3 is 2.33 bits per heavy atom. The fourth-order valence-corrected chi connectivity index (χ4v) is 3.05. The quantitative estimate of drug-likeness (QED) is 0.775. The van der Waals surface area contributed by atoms with Crippen molar-refractivity contribution in [3.05, 3.63) is 35.4 Å². The van der Waals surface area contributed by atoms with E-state index in [2.05, 4.69) is 50.4 Å². The summed E-state index contributed by atoms with van der Waals surface area (Å²) in [6.07, 6.45) is 1.34. The minimum absolute atomic E-state index is 0.384. The zero-order chi connectivity index (χ0) is 10.6. The van der Waals surface area contributed by atoms with Gasteiger partial charge in [0.1, 0.15) is 0 Å². The second kappa shape index (κ2) is 2.85. The van der Waals surface area contributed by atoms with Gasteiger partial charge >= 0.3 is 0 Å². The van der Waals surface area contributed by atoms with E-state index in [1.165, 1.54) is 17.5 Å². The van der Waals surface area contributed by atoms with Gasteiger partial charge in [-0.25, -0.2) is 0 Å². The van der Waals surface area contributed by atoms with Crippen LogP contribution in [0.3, 0.4) is 0 Å². The van der Waals surface area contributed by atoms with Gasteiger partial charge in [0.25, 0.3) is 0 Å². The van der Waals surface area contributed by atoms with Gasteiger partial charge in [-0.2, -0.15) is 0 Å². The Labute approximate surface area is 91.9 Å². The molecule has 1 aliphatic heterocycles. The third-order valence-electron chi connectivity index (χ3n) is 4.20. The average Bonchev–Trinajstić information content (AvgIpc) is 2.85. The Balaban J connectivity index is 1.84. The zero-order valence-electron chi connectivity index (χ0n) is 9.75. The van der Waals surface area contributed by atoms with Crippen LogP contribution in [-0.4, -0.2) is 6.04 Å². The summed E-state index contributed by atoms with van der Waals surface area (Å²) >= 11 is 0. The third-order valence-corrected chi connectivity index (χ3v) is 4.20. The maximum absolute atomic E-state index is 3.66. The summed E-state index contributed by atoms with van der Waals surface area (Å²) in [4.78, 5) is 0. The molecule has 1 heteroatoms. The van der Waals surface area contributed by atoms with Crippen LogP contribution in [0.25, 0.3) is 0 Å². The summed E-state index contributed by atoms with van der Waals surface area (Å²) in [5.41, 5.74) is 3.32. The molecule has 2 aliphatic rings. The molecule has 0 aromatic heterocycles. The SMILES string of the molecule is CC(C)c1ccc(C23CC2C(C)N3)cc1. The summed E-state index contributed by atoms with van der Waals surface area (Å²) in [5.74, 6) is 1.54. The van der Waals surface area contributed by atoms with E-state index in [1.807, 2.05) is 0 Å². The van der Waals surface area contributed by atoms with Crippen molar-refractivity contribution in [1.29, 1.82) is 0 Å². The Bertz CT molecular complexity index is 379. The molecule has 15 heavy (non-hydrogen) atoms. The maximum Gasteiger partial charge on any atom is 0.0485 e. The molecule has 1 aromatic rings. The van der Waals surface area contributed by atoms with E-state index in [0.717, 1.165) is 12.0 Å². The monoisotopic (exact) mass is 201 g/mol. The summed E-state index contributed by atoms with van der Waals surface area (Å²) in [5, 5.41) is 3.66. The minimum Gasteiger partial charge on any atom is -0.304 e. The maximum atomic E-state index is 3.66. The van der Waals surface area contributed by atoms with E-state index in [0.29, 0.717) is 11.5 Å². The minimum atomic E-state index is 0.384. The molecule has 3 unspecified atom stereocenters. The van der Waals surface area contributed by atoms with Crippen molar-refractivity contribution in [3.63, 3.8) is 0 Å². The molecule has 1 saturated heterocycles. The molecule has 1 heterocycles. The van der Waals surface area contributed by atoms with Gasteiger partial charge in [0.05, 0.1) is 0 Å². The Kier molecular flexibility index (Phi) is 1.79. The number of benzene rings is 1. The van der Waals surface area contributed by atoms with E-state index in [9.17, 15) is 0 Å². The first-order valence-electron chi connectivity index (χ1n) is 6.01. The van der Waals surface area contributed by atoms with Crippen LogP contribution < -0.4 is 5.32 Å². The van der Waals surface area contributed by atoms with Crippen LogP contribution in [0.4, 0.5) is 0 Å². The van der Waals surface area contributed by atoms with Crippen LogP contribution in [0.5, 0.6) is 0 Å². The molecule has 0 radical (unpaired) electrons. The highest BCUT2D eigenvalue weighted by atomic mass is 15.2. The van der Waals surface area contributed by atoms with Gasteiger partial charge in [0.15, 0.2) is 0 Å². The van der Waals surface area contributed by atoms with E-state index < -0.39 is 0 Å². The van der Waals surface area contributed by atoms with Crippen LogP contribution in [-0.2, 0) is 5.54 Å². The van der Waals surface area contributed by atoms with Crippen molar-refractivity contribution in [2.45, 2.75) is 44.7 Å². The lowest BCUT2D eigenvalue weighted by Crippen LogP contribution is -2.50. The van der Waals surface area contributed by atoms with Gasteiger partial charge in [-0.05, 0) is 36.3 Å². The van der Waals surface area contributed by atoms with Gasteiger partial charge < -0.3 is 5.32 Å². The van der Waals surface area contributed by atoms with Gasteiger partial charge in [-0.15, -0.1) is 0 Å². The predicted octanol–water partition coefficient (Wildman–Crippen LogP) is 3.02. The first-order valence-corrected chi connectivity index (χ1v) is 6.01. The van der Waals surface area contributed by atoms with Crippen LogP contribution in [0.2, 0.25) is 0 Å².